The maximum atomic E-state index is 13.0. The second-order valence-corrected chi connectivity index (χ2v) is 5.85. The maximum absolute atomic E-state index is 13.0. The van der Waals surface area contributed by atoms with E-state index in [4.69, 9.17) is 0 Å². The Hall–Kier alpha value is -2.63. The minimum absolute atomic E-state index is 0.331. The number of nitro benzene ring substituents is 1. The van der Waals surface area contributed by atoms with Gasteiger partial charge in [-0.25, -0.2) is 4.98 Å². The quantitative estimate of drug-likeness (QED) is 0.481. The molecular formula is C12H10F3N5O3S. The molecule has 2 rings (SSSR count). The van der Waals surface area contributed by atoms with Gasteiger partial charge in [-0.15, -0.1) is 0 Å². The summed E-state index contributed by atoms with van der Waals surface area (Å²) in [5.74, 6) is -0.712. The number of benzene rings is 1. The summed E-state index contributed by atoms with van der Waals surface area (Å²) in [5, 5.41) is 18.4. The van der Waals surface area contributed by atoms with Crippen LogP contribution in [0.5, 0.6) is 0 Å². The van der Waals surface area contributed by atoms with Crippen LogP contribution in [0.1, 0.15) is 12.5 Å². The molecule has 2 aromatic rings. The number of rotatable bonds is 5. The molecule has 0 spiro atoms. The number of nitrogens with one attached hydrogen (secondary N) is 2. The van der Waals surface area contributed by atoms with Crippen LogP contribution in [-0.4, -0.2) is 31.3 Å². The van der Waals surface area contributed by atoms with Gasteiger partial charge in [0, 0.05) is 12.1 Å². The zero-order chi connectivity index (χ0) is 17.9. The molecule has 0 saturated carbocycles. The predicted molar refractivity (Wildman–Crippen MR) is 78.4 cm³/mol. The van der Waals surface area contributed by atoms with E-state index in [1.807, 2.05) is 0 Å². The lowest BCUT2D eigenvalue weighted by atomic mass is 10.1. The van der Waals surface area contributed by atoms with Crippen LogP contribution in [0, 0.1) is 10.1 Å². The Kier molecular flexibility index (Phi) is 5.07. The van der Waals surface area contributed by atoms with Gasteiger partial charge in [0.25, 0.3) is 5.69 Å². The van der Waals surface area contributed by atoms with Crippen LogP contribution in [0.3, 0.4) is 0 Å². The highest BCUT2D eigenvalue weighted by Crippen LogP contribution is 2.37. The fourth-order valence-corrected chi connectivity index (χ4v) is 2.41. The summed E-state index contributed by atoms with van der Waals surface area (Å²) in [7, 11) is 0. The molecule has 0 bridgehead atoms. The first-order chi connectivity index (χ1) is 11.2. The molecule has 1 aromatic heterocycles. The number of hydrogen-bond acceptors (Lipinski definition) is 6. The summed E-state index contributed by atoms with van der Waals surface area (Å²) in [5.41, 5.74) is -2.56. The highest BCUT2D eigenvalue weighted by atomic mass is 32.2. The Morgan fingerprint density at radius 3 is 2.71 bits per heavy atom. The number of aromatic nitrogens is 3. The Labute approximate surface area is 137 Å². The summed E-state index contributed by atoms with van der Waals surface area (Å²) >= 11 is 0.968. The third-order valence-electron chi connectivity index (χ3n) is 2.83. The topological polar surface area (TPSA) is 114 Å². The summed E-state index contributed by atoms with van der Waals surface area (Å²) in [4.78, 5) is 25.5. The third-order valence-corrected chi connectivity index (χ3v) is 3.82. The molecule has 8 nitrogen and oxygen atoms in total. The fourth-order valence-electron chi connectivity index (χ4n) is 1.70. The van der Waals surface area contributed by atoms with Gasteiger partial charge < -0.3 is 5.32 Å². The average molecular weight is 361 g/mol. The normalized spacial score (nSPS) is 12.7. The van der Waals surface area contributed by atoms with Crippen molar-refractivity contribution in [3.8, 4) is 0 Å². The molecule has 0 saturated heterocycles. The molecule has 1 amide bonds. The second kappa shape index (κ2) is 6.86. The number of alkyl halides is 3. The van der Waals surface area contributed by atoms with E-state index in [1.54, 1.807) is 0 Å². The lowest BCUT2D eigenvalue weighted by Gasteiger charge is -2.15. The van der Waals surface area contributed by atoms with Crippen molar-refractivity contribution in [2.45, 2.75) is 23.5 Å². The minimum atomic E-state index is -4.85. The summed E-state index contributed by atoms with van der Waals surface area (Å²) in [6.07, 6.45) is -3.62. The van der Waals surface area contributed by atoms with Crippen molar-refractivity contribution in [1.29, 1.82) is 0 Å². The number of H-pyrrole nitrogens is 1. The average Bonchev–Trinajstić information content (AvgIpc) is 2.99. The largest absolute Gasteiger partial charge is 0.418 e. The minimum Gasteiger partial charge on any atom is -0.325 e. The van der Waals surface area contributed by atoms with Crippen LogP contribution in [-0.2, 0) is 11.0 Å². The van der Waals surface area contributed by atoms with E-state index >= 15 is 0 Å². The molecule has 1 heterocycles. The molecule has 0 fully saturated rings. The highest BCUT2D eigenvalue weighted by molar-refractivity contribution is 8.00. The van der Waals surface area contributed by atoms with E-state index in [1.165, 1.54) is 13.3 Å². The van der Waals surface area contributed by atoms with Crippen molar-refractivity contribution in [2.24, 2.45) is 0 Å². The van der Waals surface area contributed by atoms with E-state index in [-0.39, 0.29) is 0 Å². The van der Waals surface area contributed by atoms with Crippen LogP contribution in [0.4, 0.5) is 24.5 Å². The molecule has 12 heteroatoms. The van der Waals surface area contributed by atoms with Crippen LogP contribution in [0.25, 0.3) is 0 Å². The van der Waals surface area contributed by atoms with Crippen molar-refractivity contribution in [1.82, 2.24) is 15.2 Å². The van der Waals surface area contributed by atoms with Crippen LogP contribution in [0.2, 0.25) is 0 Å². The fraction of sp³-hybridized carbons (Fsp3) is 0.250. The SMILES string of the molecule is C[C@@H](Sc1ncn[nH]1)C(=O)Nc1ccc([N+](=O)[O-])cc1C(F)(F)F. The molecule has 0 unspecified atom stereocenters. The van der Waals surface area contributed by atoms with Crippen molar-refractivity contribution < 1.29 is 22.9 Å². The van der Waals surface area contributed by atoms with E-state index in [0.717, 1.165) is 23.9 Å². The van der Waals surface area contributed by atoms with Gasteiger partial charge in [0.05, 0.1) is 21.4 Å². The molecular weight excluding hydrogens is 351 g/mol. The van der Waals surface area contributed by atoms with Crippen LogP contribution in [0.15, 0.2) is 29.7 Å². The molecule has 24 heavy (non-hydrogen) atoms. The Morgan fingerprint density at radius 2 is 2.17 bits per heavy atom. The lowest BCUT2D eigenvalue weighted by molar-refractivity contribution is -0.385. The van der Waals surface area contributed by atoms with Crippen LogP contribution >= 0.6 is 11.8 Å². The van der Waals surface area contributed by atoms with E-state index < -0.39 is 39.2 Å². The van der Waals surface area contributed by atoms with Gasteiger partial charge in [-0.2, -0.15) is 18.3 Å². The molecule has 0 aliphatic heterocycles. The van der Waals surface area contributed by atoms with Gasteiger partial charge in [-0.3, -0.25) is 20.0 Å². The zero-order valence-corrected chi connectivity index (χ0v) is 12.8. The number of nitrogens with zero attached hydrogens (tertiary/aromatic N) is 3. The van der Waals surface area contributed by atoms with Gasteiger partial charge in [-0.05, 0) is 13.0 Å². The molecule has 0 radical (unpaired) electrons. The van der Waals surface area contributed by atoms with Crippen LogP contribution < -0.4 is 5.32 Å². The van der Waals surface area contributed by atoms with E-state index in [0.29, 0.717) is 11.2 Å². The number of nitro groups is 1. The number of amides is 1. The first-order valence-electron chi connectivity index (χ1n) is 6.37. The van der Waals surface area contributed by atoms with Gasteiger partial charge in [0.15, 0.2) is 5.16 Å². The number of carbonyl (C=O) groups excluding carboxylic acids is 1. The number of thioether (sulfide) groups is 1. The van der Waals surface area contributed by atoms with Gasteiger partial charge in [0.1, 0.15) is 6.33 Å². The van der Waals surface area contributed by atoms with E-state index in [2.05, 4.69) is 20.5 Å². The first kappa shape index (κ1) is 17.7. The van der Waals surface area contributed by atoms with Gasteiger partial charge in [-0.1, -0.05) is 11.8 Å². The number of carbonyl (C=O) groups is 1. The summed E-state index contributed by atoms with van der Waals surface area (Å²) in [6.45, 7) is 1.47. The molecule has 1 atom stereocenters. The standard InChI is InChI=1S/C12H10F3N5O3S/c1-6(24-11-16-5-17-19-11)10(21)18-9-3-2-7(20(22)23)4-8(9)12(13,14)15/h2-6H,1H3,(H,18,21)(H,16,17,19)/t6-/m1/s1. The third kappa shape index (κ3) is 4.22. The second-order valence-electron chi connectivity index (χ2n) is 4.52. The zero-order valence-electron chi connectivity index (χ0n) is 12.0. The summed E-state index contributed by atoms with van der Waals surface area (Å²) < 4.78 is 39.1. The Morgan fingerprint density at radius 1 is 1.46 bits per heavy atom. The van der Waals surface area contributed by atoms with Crippen molar-refractivity contribution in [3.63, 3.8) is 0 Å². The van der Waals surface area contributed by atoms with Gasteiger partial charge in [0.2, 0.25) is 5.91 Å². The maximum Gasteiger partial charge on any atom is 0.418 e. The van der Waals surface area contributed by atoms with Crippen molar-refractivity contribution in [2.75, 3.05) is 5.32 Å². The van der Waals surface area contributed by atoms with Gasteiger partial charge >= 0.3 is 6.18 Å². The molecule has 1 aromatic carbocycles. The van der Waals surface area contributed by atoms with E-state index in [9.17, 15) is 28.1 Å². The molecule has 128 valence electrons. The summed E-state index contributed by atoms with van der Waals surface area (Å²) in [6, 6.07) is 2.12. The number of aromatic amines is 1. The predicted octanol–water partition coefficient (Wildman–Crippen LogP) is 2.85. The molecule has 0 aliphatic carbocycles. The number of anilines is 1. The van der Waals surface area contributed by atoms with Crippen molar-refractivity contribution in [3.05, 3.63) is 40.2 Å². The molecule has 0 aliphatic rings. The monoisotopic (exact) mass is 361 g/mol. The number of halogens is 3. The van der Waals surface area contributed by atoms with Crippen molar-refractivity contribution >= 4 is 29.0 Å². The Bertz CT molecular complexity index is 751. The lowest BCUT2D eigenvalue weighted by Crippen LogP contribution is -2.24. The number of hydrogen-bond donors (Lipinski definition) is 2. The Balaban J connectivity index is 2.21. The highest BCUT2D eigenvalue weighted by Gasteiger charge is 2.36. The smallest absolute Gasteiger partial charge is 0.325 e. The molecule has 2 N–H and O–H groups in total. The number of non-ortho nitro benzene ring substituents is 1. The first-order valence-corrected chi connectivity index (χ1v) is 7.25.